The number of esters is 1. The number of rotatable bonds is 13. The molecule has 8 nitrogen and oxygen atoms in total. The predicted molar refractivity (Wildman–Crippen MR) is 143 cm³/mol. The van der Waals surface area contributed by atoms with Crippen molar-refractivity contribution in [2.45, 2.75) is 57.6 Å². The van der Waals surface area contributed by atoms with Gasteiger partial charge in [-0.3, -0.25) is 9.69 Å². The monoisotopic (exact) mass is 530 g/mol. The number of aliphatic hydroxyl groups excluding tert-OH is 1. The Kier molecular flexibility index (Phi) is 10.4. The van der Waals surface area contributed by atoms with Crippen molar-refractivity contribution in [3.63, 3.8) is 0 Å². The van der Waals surface area contributed by atoms with Gasteiger partial charge in [0.05, 0.1) is 25.4 Å². The maximum absolute atomic E-state index is 12.6. The van der Waals surface area contributed by atoms with Gasteiger partial charge in [0, 0.05) is 31.7 Å². The Hall–Kier alpha value is -2.46. The van der Waals surface area contributed by atoms with Crippen LogP contribution in [0.25, 0.3) is 0 Å². The van der Waals surface area contributed by atoms with E-state index in [1.165, 1.54) is 11.3 Å². The lowest BCUT2D eigenvalue weighted by Crippen LogP contribution is -2.38. The number of ether oxygens (including phenoxy) is 3. The van der Waals surface area contributed by atoms with E-state index in [-0.39, 0.29) is 17.9 Å². The lowest BCUT2D eigenvalue weighted by Gasteiger charge is -2.26. The van der Waals surface area contributed by atoms with Crippen LogP contribution in [0.15, 0.2) is 36.4 Å². The first-order chi connectivity index (χ1) is 18.0. The summed E-state index contributed by atoms with van der Waals surface area (Å²) in [4.78, 5) is 29.6. The number of anilines is 1. The second-order valence-electron chi connectivity index (χ2n) is 9.58. The summed E-state index contributed by atoms with van der Waals surface area (Å²) in [7, 11) is 0. The van der Waals surface area contributed by atoms with E-state index >= 15 is 0 Å². The lowest BCUT2D eigenvalue weighted by molar-refractivity contribution is -0.117. The molecule has 1 aromatic carbocycles. The van der Waals surface area contributed by atoms with E-state index in [2.05, 4.69) is 11.8 Å². The van der Waals surface area contributed by atoms with E-state index in [1.807, 2.05) is 24.3 Å². The largest absolute Gasteiger partial charge is 0.482 e. The number of benzene rings is 1. The standard InChI is InChI=1S/C28H38N2O6S/c1-2-3-4-5-24(31)21-6-8-22(9-7-21)30-23(10-12-26(30)32)20-36-27-13-11-25(37-27)28(33)35-19-16-29-14-17-34-18-15-29/h6-9,11,13,23-24,31H,2-5,10,12,14-20H2,1H3/t23-,24?/m1/s1. The van der Waals surface area contributed by atoms with Gasteiger partial charge in [-0.15, -0.1) is 0 Å². The molecule has 2 fully saturated rings. The van der Waals surface area contributed by atoms with Crippen LogP contribution >= 0.6 is 11.3 Å². The smallest absolute Gasteiger partial charge is 0.348 e. The van der Waals surface area contributed by atoms with Crippen LogP contribution < -0.4 is 9.64 Å². The zero-order valence-electron chi connectivity index (χ0n) is 21.6. The van der Waals surface area contributed by atoms with Gasteiger partial charge in [0.2, 0.25) is 5.91 Å². The molecular weight excluding hydrogens is 492 g/mol. The Labute approximate surface area is 223 Å². The van der Waals surface area contributed by atoms with E-state index in [4.69, 9.17) is 14.2 Å². The van der Waals surface area contributed by atoms with Gasteiger partial charge < -0.3 is 24.2 Å². The fourth-order valence-corrected chi connectivity index (χ4v) is 5.47. The Morgan fingerprint density at radius 1 is 1.16 bits per heavy atom. The minimum Gasteiger partial charge on any atom is -0.482 e. The number of thiophene rings is 1. The van der Waals surface area contributed by atoms with Crippen LogP contribution in [0.2, 0.25) is 0 Å². The first-order valence-electron chi connectivity index (χ1n) is 13.3. The molecule has 0 aliphatic carbocycles. The van der Waals surface area contributed by atoms with E-state index in [0.29, 0.717) is 42.5 Å². The molecule has 3 heterocycles. The third kappa shape index (κ3) is 7.77. The van der Waals surface area contributed by atoms with E-state index in [9.17, 15) is 14.7 Å². The fourth-order valence-electron chi connectivity index (χ4n) is 4.72. The molecule has 0 radical (unpaired) electrons. The molecule has 9 heteroatoms. The maximum Gasteiger partial charge on any atom is 0.348 e. The average Bonchev–Trinajstić information content (AvgIpc) is 3.55. The highest BCUT2D eigenvalue weighted by molar-refractivity contribution is 7.15. The van der Waals surface area contributed by atoms with Crippen LogP contribution in [0, 0.1) is 0 Å². The van der Waals surface area contributed by atoms with Gasteiger partial charge in [-0.1, -0.05) is 49.7 Å². The van der Waals surface area contributed by atoms with Crippen LogP contribution in [-0.2, 0) is 14.3 Å². The molecule has 0 spiro atoms. The molecule has 2 aliphatic heterocycles. The number of hydrogen-bond acceptors (Lipinski definition) is 8. The average molecular weight is 531 g/mol. The first-order valence-corrected chi connectivity index (χ1v) is 14.2. The number of aliphatic hydroxyl groups is 1. The highest BCUT2D eigenvalue weighted by atomic mass is 32.1. The SMILES string of the molecule is CCCCCC(O)c1ccc(N2C(=O)CC[C@@H]2COc2ccc(C(=O)OCCN3CCOCC3)s2)cc1. The summed E-state index contributed by atoms with van der Waals surface area (Å²) in [6.45, 7) is 6.71. The van der Waals surface area contributed by atoms with E-state index in [0.717, 1.165) is 63.2 Å². The number of unbranched alkanes of at least 4 members (excludes halogenated alkanes) is 2. The molecule has 2 atom stereocenters. The van der Waals surface area contributed by atoms with Gasteiger partial charge in [-0.05, 0) is 42.7 Å². The molecule has 1 amide bonds. The summed E-state index contributed by atoms with van der Waals surface area (Å²) in [6.07, 6.45) is 4.69. The summed E-state index contributed by atoms with van der Waals surface area (Å²) in [6, 6.07) is 11.0. The maximum atomic E-state index is 12.6. The number of carbonyl (C=O) groups is 2. The molecular formula is C28H38N2O6S. The molecule has 202 valence electrons. The van der Waals surface area contributed by atoms with E-state index in [1.54, 1.807) is 17.0 Å². The molecule has 2 saturated heterocycles. The van der Waals surface area contributed by atoms with Crippen LogP contribution in [0.4, 0.5) is 5.69 Å². The zero-order valence-corrected chi connectivity index (χ0v) is 22.4. The van der Waals surface area contributed by atoms with Crippen molar-refractivity contribution >= 4 is 28.9 Å². The lowest BCUT2D eigenvalue weighted by atomic mass is 10.0. The summed E-state index contributed by atoms with van der Waals surface area (Å²) >= 11 is 1.26. The molecule has 1 aromatic heterocycles. The van der Waals surface area contributed by atoms with Crippen molar-refractivity contribution in [2.75, 3.05) is 51.0 Å². The highest BCUT2D eigenvalue weighted by Crippen LogP contribution is 2.31. The summed E-state index contributed by atoms with van der Waals surface area (Å²) in [5.41, 5.74) is 1.69. The molecule has 0 bridgehead atoms. The van der Waals surface area contributed by atoms with Crippen molar-refractivity contribution < 1.29 is 28.9 Å². The Balaban J connectivity index is 1.26. The van der Waals surface area contributed by atoms with Crippen molar-refractivity contribution in [1.29, 1.82) is 0 Å². The summed E-state index contributed by atoms with van der Waals surface area (Å²) in [5.74, 6) is -0.275. The van der Waals surface area contributed by atoms with E-state index < -0.39 is 6.10 Å². The number of nitrogens with zero attached hydrogens (tertiary/aromatic N) is 2. The fraction of sp³-hybridized carbons (Fsp3) is 0.571. The highest BCUT2D eigenvalue weighted by Gasteiger charge is 2.33. The number of morpholine rings is 1. The van der Waals surface area contributed by atoms with Gasteiger partial charge in [0.25, 0.3) is 0 Å². The van der Waals surface area contributed by atoms with Gasteiger partial charge in [-0.25, -0.2) is 4.79 Å². The molecule has 2 aromatic rings. The van der Waals surface area contributed by atoms with Gasteiger partial charge in [0.1, 0.15) is 18.1 Å². The Morgan fingerprint density at radius 3 is 2.70 bits per heavy atom. The molecule has 1 N–H and O–H groups in total. The zero-order chi connectivity index (χ0) is 26.0. The molecule has 1 unspecified atom stereocenters. The van der Waals surface area contributed by atoms with Crippen molar-refractivity contribution in [2.24, 2.45) is 0 Å². The predicted octanol–water partition coefficient (Wildman–Crippen LogP) is 4.43. The van der Waals surface area contributed by atoms with Crippen molar-refractivity contribution in [3.8, 4) is 5.06 Å². The normalized spacial score (nSPS) is 19.2. The molecule has 2 aliphatic rings. The third-order valence-electron chi connectivity index (χ3n) is 6.91. The number of carbonyl (C=O) groups excluding carboxylic acids is 2. The minimum absolute atomic E-state index is 0.0700. The second kappa shape index (κ2) is 13.9. The van der Waals surface area contributed by atoms with Gasteiger partial charge >= 0.3 is 5.97 Å². The Morgan fingerprint density at radius 2 is 1.95 bits per heavy atom. The second-order valence-corrected chi connectivity index (χ2v) is 10.6. The number of amides is 1. The summed E-state index contributed by atoms with van der Waals surface area (Å²) < 4.78 is 16.8. The molecule has 4 rings (SSSR count). The van der Waals surface area contributed by atoms with Crippen molar-refractivity contribution in [3.05, 3.63) is 46.8 Å². The first kappa shape index (κ1) is 27.6. The quantitative estimate of drug-likeness (QED) is 0.303. The Bertz CT molecular complexity index is 1000. The van der Waals surface area contributed by atoms with Gasteiger partial charge in [0.15, 0.2) is 5.06 Å². The van der Waals surface area contributed by atoms with Crippen LogP contribution in [0.1, 0.15) is 66.8 Å². The molecule has 37 heavy (non-hydrogen) atoms. The minimum atomic E-state index is -0.479. The van der Waals surface area contributed by atoms with Crippen LogP contribution in [-0.4, -0.2) is 74.0 Å². The summed E-state index contributed by atoms with van der Waals surface area (Å²) in [5, 5.41) is 11.1. The van der Waals surface area contributed by atoms with Gasteiger partial charge in [-0.2, -0.15) is 0 Å². The number of hydrogen-bond donors (Lipinski definition) is 1. The third-order valence-corrected chi connectivity index (χ3v) is 7.89. The topological polar surface area (TPSA) is 88.5 Å². The van der Waals surface area contributed by atoms with Crippen molar-refractivity contribution in [1.82, 2.24) is 4.90 Å². The molecule has 0 saturated carbocycles. The van der Waals surface area contributed by atoms with Crippen LogP contribution in [0.5, 0.6) is 5.06 Å². The van der Waals surface area contributed by atoms with Crippen LogP contribution in [0.3, 0.4) is 0 Å².